The third kappa shape index (κ3) is 6.00. The molecule has 9 heteroatoms. The van der Waals surface area contributed by atoms with Gasteiger partial charge < -0.3 is 14.8 Å². The quantitative estimate of drug-likeness (QED) is 0.517. The molecule has 2 atom stereocenters. The Balaban J connectivity index is 1.99. The number of esters is 1. The average molecular weight is 402 g/mol. The second-order valence-electron chi connectivity index (χ2n) is 5.97. The van der Waals surface area contributed by atoms with E-state index < -0.39 is 27.8 Å². The van der Waals surface area contributed by atoms with Gasteiger partial charge in [-0.15, -0.1) is 11.8 Å². The number of ether oxygens (including phenoxy) is 2. The van der Waals surface area contributed by atoms with Gasteiger partial charge in [0, 0.05) is 23.8 Å². The zero-order chi connectivity index (χ0) is 19.2. The highest BCUT2D eigenvalue weighted by atomic mass is 32.2. The molecule has 1 amide bonds. The fraction of sp³-hybridized carbons (Fsp3) is 0.529. The van der Waals surface area contributed by atoms with Crippen molar-refractivity contribution in [2.24, 2.45) is 0 Å². The number of hydrogen-bond donors (Lipinski definition) is 1. The molecule has 1 saturated heterocycles. The fourth-order valence-electron chi connectivity index (χ4n) is 2.47. The maximum absolute atomic E-state index is 12.5. The lowest BCUT2D eigenvalue weighted by Gasteiger charge is -2.16. The van der Waals surface area contributed by atoms with Crippen molar-refractivity contribution in [1.82, 2.24) is 5.32 Å². The Morgan fingerprint density at radius 2 is 2.08 bits per heavy atom. The van der Waals surface area contributed by atoms with E-state index in [9.17, 15) is 18.0 Å². The number of thioether (sulfide) groups is 1. The number of carbonyl (C=O) groups is 2. The zero-order valence-corrected chi connectivity index (χ0v) is 16.4. The summed E-state index contributed by atoms with van der Waals surface area (Å²) in [5, 5.41) is 2.53. The van der Waals surface area contributed by atoms with Gasteiger partial charge in [-0.3, -0.25) is 4.79 Å². The summed E-state index contributed by atoms with van der Waals surface area (Å²) in [5.41, 5.74) is 0.332. The number of sulfone groups is 1. The molecule has 1 heterocycles. The minimum absolute atomic E-state index is 0.0799. The Kier molecular flexibility index (Phi) is 7.48. The topological polar surface area (TPSA) is 98.8 Å². The zero-order valence-electron chi connectivity index (χ0n) is 14.8. The summed E-state index contributed by atoms with van der Waals surface area (Å²) in [6.45, 7) is 2.20. The molecule has 7 nitrogen and oxygen atoms in total. The Morgan fingerprint density at radius 1 is 1.35 bits per heavy atom. The van der Waals surface area contributed by atoms with Gasteiger partial charge in [0.05, 0.1) is 23.7 Å². The first kappa shape index (κ1) is 20.7. The molecular formula is C17H23NO6S2. The first-order chi connectivity index (χ1) is 12.3. The molecule has 0 aromatic heterocycles. The van der Waals surface area contributed by atoms with Gasteiger partial charge in [-0.2, -0.15) is 0 Å². The smallest absolute Gasteiger partial charge is 0.340 e. The standard InChI is InChI=1S/C17H23NO6S2/c1-12(16(19)18-8-9-23-2)24-17(20)14-5-3-4-6-15(14)25-13-7-10-26(21,22)11-13/h3-6,12-13H,7-11H2,1-2H3,(H,18,19)/t12-,13-/m1/s1. The number of carbonyl (C=O) groups excluding carboxylic acids is 2. The molecule has 0 aliphatic carbocycles. The molecule has 1 aromatic carbocycles. The van der Waals surface area contributed by atoms with Crippen molar-refractivity contribution in [3.8, 4) is 0 Å². The molecule has 1 fully saturated rings. The number of benzene rings is 1. The van der Waals surface area contributed by atoms with E-state index in [0.717, 1.165) is 0 Å². The van der Waals surface area contributed by atoms with Gasteiger partial charge in [-0.1, -0.05) is 12.1 Å². The third-order valence-corrected chi connectivity index (χ3v) is 7.17. The van der Waals surface area contributed by atoms with E-state index in [1.54, 1.807) is 24.3 Å². The summed E-state index contributed by atoms with van der Waals surface area (Å²) < 4.78 is 33.3. The lowest BCUT2D eigenvalue weighted by atomic mass is 10.2. The van der Waals surface area contributed by atoms with Crippen molar-refractivity contribution in [2.45, 2.75) is 29.6 Å². The summed E-state index contributed by atoms with van der Waals surface area (Å²) in [4.78, 5) is 25.0. The molecule has 0 saturated carbocycles. The van der Waals surface area contributed by atoms with E-state index in [4.69, 9.17) is 9.47 Å². The van der Waals surface area contributed by atoms with Gasteiger partial charge >= 0.3 is 5.97 Å². The van der Waals surface area contributed by atoms with Gasteiger partial charge in [0.2, 0.25) is 0 Å². The Hall–Kier alpha value is -1.58. The first-order valence-corrected chi connectivity index (χ1v) is 11.0. The minimum Gasteiger partial charge on any atom is -0.449 e. The van der Waals surface area contributed by atoms with Crippen LogP contribution in [0.5, 0.6) is 0 Å². The number of rotatable bonds is 8. The number of amides is 1. The molecule has 1 N–H and O–H groups in total. The summed E-state index contributed by atoms with van der Waals surface area (Å²) >= 11 is 1.36. The van der Waals surface area contributed by atoms with Crippen LogP contribution in [0.15, 0.2) is 29.2 Å². The molecule has 26 heavy (non-hydrogen) atoms. The van der Waals surface area contributed by atoms with Gasteiger partial charge in [0.25, 0.3) is 5.91 Å². The molecule has 1 aromatic rings. The van der Waals surface area contributed by atoms with E-state index in [1.807, 2.05) is 0 Å². The lowest BCUT2D eigenvalue weighted by Crippen LogP contribution is -2.37. The fourth-order valence-corrected chi connectivity index (χ4v) is 6.09. The Labute approximate surface area is 157 Å². The van der Waals surface area contributed by atoms with Crippen molar-refractivity contribution in [3.05, 3.63) is 29.8 Å². The van der Waals surface area contributed by atoms with Crippen molar-refractivity contribution in [3.63, 3.8) is 0 Å². The van der Waals surface area contributed by atoms with Crippen LogP contribution >= 0.6 is 11.8 Å². The lowest BCUT2D eigenvalue weighted by molar-refractivity contribution is -0.129. The molecular weight excluding hydrogens is 378 g/mol. The van der Waals surface area contributed by atoms with E-state index >= 15 is 0 Å². The van der Waals surface area contributed by atoms with Crippen molar-refractivity contribution < 1.29 is 27.5 Å². The Morgan fingerprint density at radius 3 is 2.73 bits per heavy atom. The van der Waals surface area contributed by atoms with Crippen LogP contribution < -0.4 is 5.32 Å². The molecule has 0 radical (unpaired) electrons. The maximum atomic E-state index is 12.5. The van der Waals surface area contributed by atoms with Gasteiger partial charge in [0.1, 0.15) is 0 Å². The van der Waals surface area contributed by atoms with Crippen molar-refractivity contribution >= 4 is 33.5 Å². The minimum atomic E-state index is -2.99. The van der Waals surface area contributed by atoms with Crippen LogP contribution in [0, 0.1) is 0 Å². The van der Waals surface area contributed by atoms with Gasteiger partial charge in [-0.05, 0) is 25.5 Å². The monoisotopic (exact) mass is 401 g/mol. The van der Waals surface area contributed by atoms with Crippen LogP contribution in [-0.2, 0) is 24.1 Å². The van der Waals surface area contributed by atoms with Crippen molar-refractivity contribution in [1.29, 1.82) is 0 Å². The number of methoxy groups -OCH3 is 1. The highest BCUT2D eigenvalue weighted by molar-refractivity contribution is 8.02. The predicted octanol–water partition coefficient (Wildman–Crippen LogP) is 1.27. The van der Waals surface area contributed by atoms with E-state index in [-0.39, 0.29) is 16.8 Å². The molecule has 0 bridgehead atoms. The Bertz CT molecular complexity index is 749. The number of hydrogen-bond acceptors (Lipinski definition) is 7. The molecule has 0 unspecified atom stereocenters. The molecule has 0 spiro atoms. The summed E-state index contributed by atoms with van der Waals surface area (Å²) in [5.74, 6) is -0.722. The van der Waals surface area contributed by atoms with Crippen molar-refractivity contribution in [2.75, 3.05) is 31.8 Å². The third-order valence-electron chi connectivity index (χ3n) is 3.85. The van der Waals surface area contributed by atoms with E-state index in [1.165, 1.54) is 25.8 Å². The van der Waals surface area contributed by atoms with Crippen LogP contribution in [0.3, 0.4) is 0 Å². The van der Waals surface area contributed by atoms with Crippen LogP contribution in [-0.4, -0.2) is 63.4 Å². The number of nitrogens with one attached hydrogen (secondary N) is 1. The first-order valence-electron chi connectivity index (χ1n) is 8.26. The van der Waals surface area contributed by atoms with Gasteiger partial charge in [-0.25, -0.2) is 13.2 Å². The van der Waals surface area contributed by atoms with Crippen LogP contribution in [0.4, 0.5) is 0 Å². The summed E-state index contributed by atoms with van der Waals surface area (Å²) in [7, 11) is -1.46. The average Bonchev–Trinajstić information content (AvgIpc) is 2.93. The van der Waals surface area contributed by atoms with Crippen LogP contribution in [0.25, 0.3) is 0 Å². The summed E-state index contributed by atoms with van der Waals surface area (Å²) in [6.07, 6.45) is -0.376. The predicted molar refractivity (Wildman–Crippen MR) is 99.1 cm³/mol. The van der Waals surface area contributed by atoms with Crippen LogP contribution in [0.1, 0.15) is 23.7 Å². The molecule has 1 aliphatic heterocycles. The van der Waals surface area contributed by atoms with Crippen LogP contribution in [0.2, 0.25) is 0 Å². The van der Waals surface area contributed by atoms with E-state index in [0.29, 0.717) is 30.0 Å². The molecule has 2 rings (SSSR count). The normalized spacial score (nSPS) is 19.7. The summed E-state index contributed by atoms with van der Waals surface area (Å²) in [6, 6.07) is 6.86. The second kappa shape index (κ2) is 9.38. The highest BCUT2D eigenvalue weighted by Gasteiger charge is 2.30. The maximum Gasteiger partial charge on any atom is 0.340 e. The molecule has 1 aliphatic rings. The van der Waals surface area contributed by atoms with E-state index in [2.05, 4.69) is 5.32 Å². The largest absolute Gasteiger partial charge is 0.449 e. The highest BCUT2D eigenvalue weighted by Crippen LogP contribution is 2.33. The molecule has 144 valence electrons. The SMILES string of the molecule is COCCNC(=O)[C@@H](C)OC(=O)c1ccccc1S[C@@H]1CCS(=O)(=O)C1. The second-order valence-corrected chi connectivity index (χ2v) is 9.54. The van der Waals surface area contributed by atoms with Gasteiger partial charge in [0.15, 0.2) is 15.9 Å².